The van der Waals surface area contributed by atoms with Gasteiger partial charge in [0.25, 0.3) is 0 Å². The lowest BCUT2D eigenvalue weighted by atomic mass is 10.1. The van der Waals surface area contributed by atoms with Crippen LogP contribution in [0.3, 0.4) is 0 Å². The van der Waals surface area contributed by atoms with E-state index >= 15 is 0 Å². The van der Waals surface area contributed by atoms with Crippen LogP contribution in [0.2, 0.25) is 0 Å². The van der Waals surface area contributed by atoms with Crippen LogP contribution in [-0.2, 0) is 17.9 Å². The molecular weight excluding hydrogens is 412 g/mol. The van der Waals surface area contributed by atoms with Crippen LogP contribution in [0.1, 0.15) is 43.9 Å². The van der Waals surface area contributed by atoms with Crippen molar-refractivity contribution in [3.05, 3.63) is 83.4 Å². The van der Waals surface area contributed by atoms with Crippen molar-refractivity contribution in [2.24, 2.45) is 5.92 Å². The van der Waals surface area contributed by atoms with Crippen LogP contribution < -0.4 is 20.1 Å². The predicted molar refractivity (Wildman–Crippen MR) is 135 cm³/mol. The van der Waals surface area contributed by atoms with E-state index in [1.807, 2.05) is 75.4 Å². The maximum absolute atomic E-state index is 12.0. The van der Waals surface area contributed by atoms with Crippen molar-refractivity contribution in [2.75, 3.05) is 17.2 Å². The molecule has 1 amide bonds. The maximum Gasteiger partial charge on any atom is 0.224 e. The first-order valence-electron chi connectivity index (χ1n) is 11.5. The Balaban J connectivity index is 1.63. The molecule has 0 aliphatic rings. The average molecular weight is 447 g/mol. The van der Waals surface area contributed by atoms with Gasteiger partial charge in [0.15, 0.2) is 11.5 Å². The second-order valence-electron chi connectivity index (χ2n) is 8.51. The first-order valence-corrected chi connectivity index (χ1v) is 11.5. The number of hydrogen-bond donors (Lipinski definition) is 2. The summed E-state index contributed by atoms with van der Waals surface area (Å²) in [5.41, 5.74) is 5.18. The van der Waals surface area contributed by atoms with Gasteiger partial charge in [-0.25, -0.2) is 0 Å². The summed E-state index contributed by atoms with van der Waals surface area (Å²) < 4.78 is 11.9. The summed E-state index contributed by atoms with van der Waals surface area (Å²) >= 11 is 0. The van der Waals surface area contributed by atoms with Crippen LogP contribution in [0.5, 0.6) is 11.5 Å². The minimum atomic E-state index is 0.0322. The number of ether oxygens (including phenoxy) is 2. The Morgan fingerprint density at radius 1 is 0.909 bits per heavy atom. The van der Waals surface area contributed by atoms with Crippen molar-refractivity contribution in [1.82, 2.24) is 0 Å². The van der Waals surface area contributed by atoms with Crippen LogP contribution in [0.15, 0.2) is 66.7 Å². The van der Waals surface area contributed by atoms with Crippen LogP contribution >= 0.6 is 0 Å². The van der Waals surface area contributed by atoms with Gasteiger partial charge in [-0.3, -0.25) is 4.79 Å². The number of anilines is 2. The zero-order valence-electron chi connectivity index (χ0n) is 20.0. The Kier molecular flexibility index (Phi) is 8.76. The standard InChI is InChI=1S/C28H34N2O3/c1-5-32-27-16-22(13-14-26(27)33-19-23-10-7-6-9-21(23)4)18-29-24-11-8-12-25(17-24)30-28(31)15-20(2)3/h6-14,16-17,20,29H,5,15,18-19H2,1-4H3,(H,30,31). The summed E-state index contributed by atoms with van der Waals surface area (Å²) in [7, 11) is 0. The Morgan fingerprint density at radius 2 is 1.70 bits per heavy atom. The quantitative estimate of drug-likeness (QED) is 0.350. The lowest BCUT2D eigenvalue weighted by molar-refractivity contribution is -0.116. The average Bonchev–Trinajstić information content (AvgIpc) is 2.78. The highest BCUT2D eigenvalue weighted by Gasteiger charge is 2.09. The minimum absolute atomic E-state index is 0.0322. The minimum Gasteiger partial charge on any atom is -0.490 e. The third kappa shape index (κ3) is 7.56. The van der Waals surface area contributed by atoms with E-state index in [0.717, 1.165) is 34.0 Å². The highest BCUT2D eigenvalue weighted by atomic mass is 16.5. The molecule has 0 fully saturated rings. The van der Waals surface area contributed by atoms with E-state index in [4.69, 9.17) is 9.47 Å². The van der Waals surface area contributed by atoms with Crippen molar-refractivity contribution < 1.29 is 14.3 Å². The molecule has 0 aliphatic heterocycles. The molecule has 0 bridgehead atoms. The van der Waals surface area contributed by atoms with Gasteiger partial charge in [-0.1, -0.05) is 50.2 Å². The lowest BCUT2D eigenvalue weighted by Crippen LogP contribution is -2.13. The summed E-state index contributed by atoms with van der Waals surface area (Å²) in [6.45, 7) is 9.81. The number of nitrogens with one attached hydrogen (secondary N) is 2. The van der Waals surface area contributed by atoms with E-state index in [1.165, 1.54) is 5.56 Å². The molecule has 33 heavy (non-hydrogen) atoms. The van der Waals surface area contributed by atoms with E-state index in [1.54, 1.807) is 0 Å². The molecule has 0 atom stereocenters. The molecule has 0 saturated carbocycles. The molecule has 3 aromatic rings. The number of amides is 1. The predicted octanol–water partition coefficient (Wildman–Crippen LogP) is 6.57. The van der Waals surface area contributed by atoms with E-state index < -0.39 is 0 Å². The fraction of sp³-hybridized carbons (Fsp3) is 0.321. The molecule has 3 aromatic carbocycles. The molecule has 0 spiro atoms. The summed E-state index contributed by atoms with van der Waals surface area (Å²) in [5.74, 6) is 1.83. The molecule has 0 unspecified atom stereocenters. The fourth-order valence-electron chi connectivity index (χ4n) is 3.47. The first-order chi connectivity index (χ1) is 15.9. The van der Waals surface area contributed by atoms with Crippen molar-refractivity contribution >= 4 is 17.3 Å². The lowest BCUT2D eigenvalue weighted by Gasteiger charge is -2.15. The summed E-state index contributed by atoms with van der Waals surface area (Å²) in [6, 6.07) is 22.0. The molecule has 174 valence electrons. The van der Waals surface area contributed by atoms with Crippen molar-refractivity contribution in [3.8, 4) is 11.5 Å². The Labute approximate surface area is 197 Å². The molecule has 5 heteroatoms. The van der Waals surface area contributed by atoms with Crippen LogP contribution in [0.4, 0.5) is 11.4 Å². The van der Waals surface area contributed by atoms with Crippen LogP contribution in [-0.4, -0.2) is 12.5 Å². The van der Waals surface area contributed by atoms with E-state index in [2.05, 4.69) is 29.7 Å². The number of carbonyl (C=O) groups excluding carboxylic acids is 1. The van der Waals surface area contributed by atoms with Crippen LogP contribution in [0.25, 0.3) is 0 Å². The number of rotatable bonds is 11. The van der Waals surface area contributed by atoms with Gasteiger partial charge in [0.05, 0.1) is 6.61 Å². The highest BCUT2D eigenvalue weighted by Crippen LogP contribution is 2.30. The van der Waals surface area contributed by atoms with Gasteiger partial charge in [0.1, 0.15) is 6.61 Å². The Morgan fingerprint density at radius 3 is 2.45 bits per heavy atom. The number of aryl methyl sites for hydroxylation is 1. The summed E-state index contributed by atoms with van der Waals surface area (Å²) in [6.07, 6.45) is 0.510. The normalized spacial score (nSPS) is 10.7. The molecule has 3 rings (SSSR count). The summed E-state index contributed by atoms with van der Waals surface area (Å²) in [5, 5.41) is 6.38. The molecule has 2 N–H and O–H groups in total. The van der Waals surface area contributed by atoms with Crippen molar-refractivity contribution in [1.29, 1.82) is 0 Å². The third-order valence-electron chi connectivity index (χ3n) is 5.19. The Hall–Kier alpha value is -3.47. The van der Waals surface area contributed by atoms with Gasteiger partial charge in [-0.2, -0.15) is 0 Å². The van der Waals surface area contributed by atoms with Gasteiger partial charge >= 0.3 is 0 Å². The molecular formula is C28H34N2O3. The number of benzene rings is 3. The number of carbonyl (C=O) groups is 1. The molecule has 5 nitrogen and oxygen atoms in total. The zero-order chi connectivity index (χ0) is 23.6. The molecule has 0 saturated heterocycles. The Bertz CT molecular complexity index is 1060. The first kappa shape index (κ1) is 24.2. The van der Waals surface area contributed by atoms with E-state index in [0.29, 0.717) is 32.1 Å². The van der Waals surface area contributed by atoms with E-state index in [-0.39, 0.29) is 5.91 Å². The van der Waals surface area contributed by atoms with E-state index in [9.17, 15) is 4.79 Å². The third-order valence-corrected chi connectivity index (χ3v) is 5.19. The molecule has 0 heterocycles. The van der Waals surface area contributed by atoms with Gasteiger partial charge in [0.2, 0.25) is 5.91 Å². The topological polar surface area (TPSA) is 59.6 Å². The molecule has 0 aromatic heterocycles. The SMILES string of the molecule is CCOc1cc(CNc2cccc(NC(=O)CC(C)C)c2)ccc1OCc1ccccc1C. The largest absolute Gasteiger partial charge is 0.490 e. The van der Waals surface area contributed by atoms with Gasteiger partial charge in [-0.05, 0) is 66.8 Å². The molecule has 0 radical (unpaired) electrons. The zero-order valence-corrected chi connectivity index (χ0v) is 20.0. The van der Waals surface area contributed by atoms with Crippen molar-refractivity contribution in [3.63, 3.8) is 0 Å². The van der Waals surface area contributed by atoms with Gasteiger partial charge in [0, 0.05) is 24.3 Å². The summed E-state index contributed by atoms with van der Waals surface area (Å²) in [4.78, 5) is 12.0. The molecule has 0 aliphatic carbocycles. The monoisotopic (exact) mass is 446 g/mol. The highest BCUT2D eigenvalue weighted by molar-refractivity contribution is 5.91. The fourth-order valence-corrected chi connectivity index (χ4v) is 3.47. The second-order valence-corrected chi connectivity index (χ2v) is 8.51. The second kappa shape index (κ2) is 12.0. The number of hydrogen-bond acceptors (Lipinski definition) is 4. The van der Waals surface area contributed by atoms with Gasteiger partial charge < -0.3 is 20.1 Å². The van der Waals surface area contributed by atoms with Crippen LogP contribution in [0, 0.1) is 12.8 Å². The maximum atomic E-state index is 12.0. The van der Waals surface area contributed by atoms with Crippen molar-refractivity contribution in [2.45, 2.75) is 47.3 Å². The smallest absolute Gasteiger partial charge is 0.224 e. The van der Waals surface area contributed by atoms with Gasteiger partial charge in [-0.15, -0.1) is 0 Å².